The number of carbonyl (C=O) groups is 2. The molecule has 7 heteroatoms. The number of rotatable bonds is 3. The molecule has 3 aromatic rings. The number of amides is 2. The Hall–Kier alpha value is -3.12. The van der Waals surface area contributed by atoms with E-state index in [1.165, 1.54) is 4.90 Å². The number of nitrogens with two attached hydrogens (primary N) is 1. The molecule has 6 nitrogen and oxygen atoms in total. The van der Waals surface area contributed by atoms with Crippen molar-refractivity contribution in [1.29, 1.82) is 0 Å². The second kappa shape index (κ2) is 6.55. The molecular weight excluding hydrogens is 364 g/mol. The fourth-order valence-electron chi connectivity index (χ4n) is 3.47. The van der Waals surface area contributed by atoms with Crippen molar-refractivity contribution in [2.24, 2.45) is 0 Å². The SMILES string of the molecule is Cc1nn(-c2ccccc2)c(N)c1[C@H]1CC(=O)N(c2ccc(Cl)cc2)C1=O. The van der Waals surface area contributed by atoms with Crippen molar-refractivity contribution in [2.75, 3.05) is 10.6 Å². The van der Waals surface area contributed by atoms with Crippen molar-refractivity contribution in [3.8, 4) is 5.69 Å². The van der Waals surface area contributed by atoms with Gasteiger partial charge in [0.2, 0.25) is 11.8 Å². The monoisotopic (exact) mass is 380 g/mol. The zero-order valence-corrected chi connectivity index (χ0v) is 15.3. The van der Waals surface area contributed by atoms with Crippen LogP contribution in [0.4, 0.5) is 11.5 Å². The second-order valence-corrected chi connectivity index (χ2v) is 6.87. The maximum Gasteiger partial charge on any atom is 0.242 e. The summed E-state index contributed by atoms with van der Waals surface area (Å²) in [4.78, 5) is 26.8. The second-order valence-electron chi connectivity index (χ2n) is 6.43. The Kier molecular flexibility index (Phi) is 4.20. The number of benzene rings is 2. The van der Waals surface area contributed by atoms with Gasteiger partial charge in [0, 0.05) is 17.0 Å². The summed E-state index contributed by atoms with van der Waals surface area (Å²) in [5.74, 6) is -0.836. The van der Waals surface area contributed by atoms with Crippen LogP contribution in [0.3, 0.4) is 0 Å². The number of anilines is 2. The molecule has 2 heterocycles. The maximum absolute atomic E-state index is 13.0. The van der Waals surface area contributed by atoms with Crippen LogP contribution in [0.5, 0.6) is 0 Å². The van der Waals surface area contributed by atoms with E-state index in [1.54, 1.807) is 35.9 Å². The highest BCUT2D eigenvalue weighted by atomic mass is 35.5. The van der Waals surface area contributed by atoms with Crippen molar-refractivity contribution in [2.45, 2.75) is 19.3 Å². The van der Waals surface area contributed by atoms with Gasteiger partial charge in [0.25, 0.3) is 0 Å². The van der Waals surface area contributed by atoms with E-state index < -0.39 is 5.92 Å². The molecule has 1 aromatic heterocycles. The van der Waals surface area contributed by atoms with Crippen molar-refractivity contribution in [3.63, 3.8) is 0 Å². The van der Waals surface area contributed by atoms with Crippen LogP contribution in [-0.2, 0) is 9.59 Å². The van der Waals surface area contributed by atoms with Crippen molar-refractivity contribution >= 4 is 34.9 Å². The van der Waals surface area contributed by atoms with Crippen molar-refractivity contribution in [3.05, 3.63) is 70.9 Å². The fraction of sp³-hybridized carbons (Fsp3) is 0.150. The quantitative estimate of drug-likeness (QED) is 0.705. The largest absolute Gasteiger partial charge is 0.383 e. The molecule has 136 valence electrons. The van der Waals surface area contributed by atoms with Gasteiger partial charge in [-0.2, -0.15) is 5.10 Å². The Bertz CT molecular complexity index is 1030. The van der Waals surface area contributed by atoms with E-state index in [2.05, 4.69) is 5.10 Å². The number of nitrogen functional groups attached to an aromatic ring is 1. The third kappa shape index (κ3) is 2.88. The molecule has 0 aliphatic carbocycles. The summed E-state index contributed by atoms with van der Waals surface area (Å²) >= 11 is 5.90. The fourth-order valence-corrected chi connectivity index (χ4v) is 3.60. The topological polar surface area (TPSA) is 81.2 Å². The van der Waals surface area contributed by atoms with Crippen LogP contribution in [0.15, 0.2) is 54.6 Å². The number of carbonyl (C=O) groups excluding carboxylic acids is 2. The number of para-hydroxylation sites is 1. The highest BCUT2D eigenvalue weighted by molar-refractivity contribution is 6.30. The molecule has 1 aliphatic rings. The molecule has 0 spiro atoms. The minimum absolute atomic E-state index is 0.0625. The third-order valence-electron chi connectivity index (χ3n) is 4.72. The van der Waals surface area contributed by atoms with Gasteiger partial charge in [-0.25, -0.2) is 4.68 Å². The molecule has 1 atom stereocenters. The van der Waals surface area contributed by atoms with Crippen LogP contribution in [0.1, 0.15) is 23.6 Å². The third-order valence-corrected chi connectivity index (χ3v) is 4.98. The van der Waals surface area contributed by atoms with Gasteiger partial charge in [-0.3, -0.25) is 14.5 Å². The highest BCUT2D eigenvalue weighted by Crippen LogP contribution is 2.38. The number of nitrogens with zero attached hydrogens (tertiary/aromatic N) is 3. The lowest BCUT2D eigenvalue weighted by Gasteiger charge is -2.15. The summed E-state index contributed by atoms with van der Waals surface area (Å²) in [6, 6.07) is 16.1. The molecule has 2 amide bonds. The van der Waals surface area contributed by atoms with E-state index in [9.17, 15) is 9.59 Å². The average molecular weight is 381 g/mol. The van der Waals surface area contributed by atoms with Gasteiger partial charge in [0.15, 0.2) is 0 Å². The van der Waals surface area contributed by atoms with Gasteiger partial charge in [-0.05, 0) is 43.3 Å². The Morgan fingerprint density at radius 1 is 1.04 bits per heavy atom. The van der Waals surface area contributed by atoms with Crippen molar-refractivity contribution < 1.29 is 9.59 Å². The smallest absolute Gasteiger partial charge is 0.242 e. The van der Waals surface area contributed by atoms with Crippen LogP contribution in [0.25, 0.3) is 5.69 Å². The van der Waals surface area contributed by atoms with Gasteiger partial charge in [0.1, 0.15) is 5.82 Å². The molecular formula is C20H17ClN4O2. The first-order valence-electron chi connectivity index (χ1n) is 8.50. The van der Waals surface area contributed by atoms with E-state index in [-0.39, 0.29) is 18.2 Å². The number of imide groups is 1. The van der Waals surface area contributed by atoms with Crippen LogP contribution >= 0.6 is 11.6 Å². The number of halogens is 1. The Morgan fingerprint density at radius 3 is 2.37 bits per heavy atom. The first-order valence-corrected chi connectivity index (χ1v) is 8.88. The van der Waals surface area contributed by atoms with Gasteiger partial charge in [-0.15, -0.1) is 0 Å². The van der Waals surface area contributed by atoms with Gasteiger partial charge in [0.05, 0.1) is 23.0 Å². The average Bonchev–Trinajstić information content (AvgIpc) is 3.12. The summed E-state index contributed by atoms with van der Waals surface area (Å²) in [5, 5.41) is 5.03. The summed E-state index contributed by atoms with van der Waals surface area (Å²) in [6.45, 7) is 1.80. The number of hydrogen-bond acceptors (Lipinski definition) is 4. The zero-order valence-electron chi connectivity index (χ0n) is 14.6. The van der Waals surface area contributed by atoms with E-state index >= 15 is 0 Å². The lowest BCUT2D eigenvalue weighted by atomic mass is 9.97. The first kappa shape index (κ1) is 17.3. The van der Waals surface area contributed by atoms with E-state index in [0.29, 0.717) is 27.8 Å². The molecule has 1 aliphatic heterocycles. The number of aromatic nitrogens is 2. The zero-order chi connectivity index (χ0) is 19.1. The first-order chi connectivity index (χ1) is 13.0. The molecule has 1 saturated heterocycles. The molecule has 0 radical (unpaired) electrons. The molecule has 1 fully saturated rings. The normalized spacial score (nSPS) is 17.0. The standard InChI is InChI=1S/C20H17ClN4O2/c1-12-18(19(22)25(23-12)15-5-3-2-4-6-15)16-11-17(26)24(20(16)27)14-9-7-13(21)8-10-14/h2-10,16H,11,22H2,1H3/t16-/m1/s1. The molecule has 2 N–H and O–H groups in total. The van der Waals surface area contributed by atoms with E-state index in [4.69, 9.17) is 17.3 Å². The summed E-state index contributed by atoms with van der Waals surface area (Å²) in [7, 11) is 0. The summed E-state index contributed by atoms with van der Waals surface area (Å²) in [6.07, 6.45) is 0.0625. The minimum Gasteiger partial charge on any atom is -0.383 e. The highest BCUT2D eigenvalue weighted by Gasteiger charge is 2.43. The Balaban J connectivity index is 1.73. The maximum atomic E-state index is 13.0. The summed E-state index contributed by atoms with van der Waals surface area (Å²) < 4.78 is 1.60. The predicted octanol–water partition coefficient (Wildman–Crippen LogP) is 3.46. The molecule has 4 rings (SSSR count). The van der Waals surface area contributed by atoms with E-state index in [0.717, 1.165) is 5.69 Å². The van der Waals surface area contributed by atoms with Gasteiger partial charge in [-0.1, -0.05) is 29.8 Å². The molecule has 0 bridgehead atoms. The van der Waals surface area contributed by atoms with Crippen molar-refractivity contribution in [1.82, 2.24) is 9.78 Å². The number of hydrogen-bond donors (Lipinski definition) is 1. The minimum atomic E-state index is -0.648. The Morgan fingerprint density at radius 2 is 1.70 bits per heavy atom. The van der Waals surface area contributed by atoms with Crippen LogP contribution in [0, 0.1) is 6.92 Å². The van der Waals surface area contributed by atoms with Gasteiger partial charge >= 0.3 is 0 Å². The lowest BCUT2D eigenvalue weighted by Crippen LogP contribution is -2.30. The predicted molar refractivity (Wildman–Crippen MR) is 104 cm³/mol. The van der Waals surface area contributed by atoms with Crippen LogP contribution < -0.4 is 10.6 Å². The lowest BCUT2D eigenvalue weighted by molar-refractivity contribution is -0.121. The number of aryl methyl sites for hydroxylation is 1. The molecule has 0 unspecified atom stereocenters. The molecule has 2 aromatic carbocycles. The van der Waals surface area contributed by atoms with Gasteiger partial charge < -0.3 is 5.73 Å². The molecule has 27 heavy (non-hydrogen) atoms. The van der Waals surface area contributed by atoms with E-state index in [1.807, 2.05) is 30.3 Å². The summed E-state index contributed by atoms with van der Waals surface area (Å²) in [5.41, 5.74) is 8.88. The van der Waals surface area contributed by atoms with Crippen LogP contribution in [0.2, 0.25) is 5.02 Å². The Labute approximate surface area is 161 Å². The van der Waals surface area contributed by atoms with Crippen LogP contribution in [-0.4, -0.2) is 21.6 Å². The molecule has 0 saturated carbocycles.